The van der Waals surface area contributed by atoms with Crippen LogP contribution in [0.25, 0.3) is 0 Å². The van der Waals surface area contributed by atoms with Gasteiger partial charge in [-0.25, -0.2) is 0 Å². The maximum absolute atomic E-state index is 3.56. The number of fused-ring (bicyclic) bond motifs is 1. The third-order valence-electron chi connectivity index (χ3n) is 4.08. The van der Waals surface area contributed by atoms with Gasteiger partial charge in [-0.1, -0.05) is 6.07 Å². The van der Waals surface area contributed by atoms with E-state index in [0.29, 0.717) is 0 Å². The fourth-order valence-electron chi connectivity index (χ4n) is 3.08. The van der Waals surface area contributed by atoms with Crippen molar-refractivity contribution in [2.24, 2.45) is 0 Å². The van der Waals surface area contributed by atoms with Gasteiger partial charge in [0.25, 0.3) is 0 Å². The van der Waals surface area contributed by atoms with Gasteiger partial charge in [-0.15, -0.1) is 0 Å². The van der Waals surface area contributed by atoms with Crippen molar-refractivity contribution in [3.8, 4) is 0 Å². The third kappa shape index (κ3) is 2.63. The Morgan fingerprint density at radius 2 is 2.12 bits per heavy atom. The maximum Gasteiger partial charge on any atom is 0.0343 e. The molecule has 1 aliphatic carbocycles. The summed E-state index contributed by atoms with van der Waals surface area (Å²) in [6, 6.07) is 7.65. The first-order valence-electron chi connectivity index (χ1n) is 7.01. The molecule has 3 rings (SSSR count). The summed E-state index contributed by atoms with van der Waals surface area (Å²) in [7, 11) is 0. The molecule has 2 heteroatoms. The van der Waals surface area contributed by atoms with E-state index in [4.69, 9.17) is 0 Å². The molecular formula is C15H22N2. The Hall–Kier alpha value is -1.02. The summed E-state index contributed by atoms with van der Waals surface area (Å²) in [5, 5.41) is 7.11. The van der Waals surface area contributed by atoms with Gasteiger partial charge in [0.15, 0.2) is 0 Å². The van der Waals surface area contributed by atoms with Crippen LogP contribution >= 0.6 is 0 Å². The molecular weight excluding hydrogens is 208 g/mol. The van der Waals surface area contributed by atoms with Crippen molar-refractivity contribution in [1.29, 1.82) is 0 Å². The van der Waals surface area contributed by atoms with Gasteiger partial charge in [-0.3, -0.25) is 0 Å². The lowest BCUT2D eigenvalue weighted by atomic mass is 10.1. The number of hydrogen-bond donors (Lipinski definition) is 2. The lowest BCUT2D eigenvalue weighted by molar-refractivity contribution is 0.574. The fraction of sp³-hybridized carbons (Fsp3) is 0.600. The normalized spacial score (nSPS) is 22.7. The zero-order chi connectivity index (χ0) is 11.5. The molecule has 17 heavy (non-hydrogen) atoms. The Morgan fingerprint density at radius 1 is 1.18 bits per heavy atom. The van der Waals surface area contributed by atoms with Crippen LogP contribution in [0.5, 0.6) is 0 Å². The van der Waals surface area contributed by atoms with Crippen LogP contribution < -0.4 is 10.6 Å². The molecule has 1 aromatic carbocycles. The van der Waals surface area contributed by atoms with Gasteiger partial charge < -0.3 is 10.6 Å². The highest BCUT2D eigenvalue weighted by molar-refractivity contribution is 5.50. The molecule has 92 valence electrons. The molecule has 1 heterocycles. The third-order valence-corrected chi connectivity index (χ3v) is 4.08. The second-order valence-corrected chi connectivity index (χ2v) is 5.35. The van der Waals surface area contributed by atoms with Gasteiger partial charge in [-0.2, -0.15) is 0 Å². The van der Waals surface area contributed by atoms with Crippen molar-refractivity contribution >= 4 is 5.69 Å². The van der Waals surface area contributed by atoms with E-state index in [9.17, 15) is 0 Å². The summed E-state index contributed by atoms with van der Waals surface area (Å²) in [6.07, 6.45) is 7.84. The monoisotopic (exact) mass is 230 g/mol. The van der Waals surface area contributed by atoms with Crippen molar-refractivity contribution in [2.45, 2.75) is 44.6 Å². The number of anilines is 1. The quantitative estimate of drug-likeness (QED) is 0.831. The van der Waals surface area contributed by atoms with Gasteiger partial charge in [0.2, 0.25) is 0 Å². The van der Waals surface area contributed by atoms with E-state index in [1.807, 2.05) is 0 Å². The Bertz CT molecular complexity index is 381. The van der Waals surface area contributed by atoms with Gasteiger partial charge in [0.05, 0.1) is 0 Å². The lowest BCUT2D eigenvalue weighted by Crippen LogP contribution is -2.24. The van der Waals surface area contributed by atoms with Crippen LogP contribution in [-0.4, -0.2) is 19.1 Å². The number of aryl methyl sites for hydroxylation is 2. The van der Waals surface area contributed by atoms with Crippen LogP contribution in [-0.2, 0) is 12.8 Å². The van der Waals surface area contributed by atoms with Crippen molar-refractivity contribution in [3.63, 3.8) is 0 Å². The van der Waals surface area contributed by atoms with Crippen molar-refractivity contribution in [1.82, 2.24) is 5.32 Å². The van der Waals surface area contributed by atoms with E-state index in [1.165, 1.54) is 50.8 Å². The SMILES string of the molecule is c1cc2c(cc1NCCC1CCCN1)CCC2. The van der Waals surface area contributed by atoms with Crippen LogP contribution in [0.3, 0.4) is 0 Å². The minimum absolute atomic E-state index is 0.747. The number of rotatable bonds is 4. The predicted octanol–water partition coefficient (Wildman–Crippen LogP) is 2.73. The molecule has 2 nitrogen and oxygen atoms in total. The van der Waals surface area contributed by atoms with Crippen molar-refractivity contribution in [2.75, 3.05) is 18.4 Å². The predicted molar refractivity (Wildman–Crippen MR) is 72.6 cm³/mol. The second-order valence-electron chi connectivity index (χ2n) is 5.35. The minimum Gasteiger partial charge on any atom is -0.385 e. The molecule has 0 saturated carbocycles. The number of nitrogens with one attached hydrogen (secondary N) is 2. The largest absolute Gasteiger partial charge is 0.385 e. The van der Waals surface area contributed by atoms with E-state index in [1.54, 1.807) is 11.1 Å². The standard InChI is InChI=1S/C15H22N2/c1-3-12-6-7-15(11-13(12)4-1)17-10-8-14-5-2-9-16-14/h6-7,11,14,16-17H,1-5,8-10H2. The second kappa shape index (κ2) is 5.09. The van der Waals surface area contributed by atoms with Crippen LogP contribution in [0.2, 0.25) is 0 Å². The van der Waals surface area contributed by atoms with Gasteiger partial charge in [0, 0.05) is 18.3 Å². The fourth-order valence-corrected chi connectivity index (χ4v) is 3.08. The highest BCUT2D eigenvalue weighted by atomic mass is 14.9. The molecule has 1 saturated heterocycles. The summed E-state index contributed by atoms with van der Waals surface area (Å²) in [5.41, 5.74) is 4.44. The molecule has 2 aliphatic rings. The van der Waals surface area contributed by atoms with Crippen LogP contribution in [0.1, 0.15) is 36.8 Å². The van der Waals surface area contributed by atoms with Gasteiger partial charge in [0.1, 0.15) is 0 Å². The van der Waals surface area contributed by atoms with E-state index in [0.717, 1.165) is 12.6 Å². The topological polar surface area (TPSA) is 24.1 Å². The summed E-state index contributed by atoms with van der Waals surface area (Å²) in [6.45, 7) is 2.31. The average molecular weight is 230 g/mol. The van der Waals surface area contributed by atoms with Gasteiger partial charge in [-0.05, 0) is 68.3 Å². The molecule has 1 fully saturated rings. The molecule has 1 aliphatic heterocycles. The van der Waals surface area contributed by atoms with Crippen LogP contribution in [0, 0.1) is 0 Å². The first-order valence-corrected chi connectivity index (χ1v) is 7.01. The minimum atomic E-state index is 0.747. The van der Waals surface area contributed by atoms with Gasteiger partial charge >= 0.3 is 0 Å². The van der Waals surface area contributed by atoms with E-state index in [-0.39, 0.29) is 0 Å². The number of benzene rings is 1. The summed E-state index contributed by atoms with van der Waals surface area (Å²) >= 11 is 0. The maximum atomic E-state index is 3.56. The molecule has 0 amide bonds. The van der Waals surface area contributed by atoms with Crippen LogP contribution in [0.15, 0.2) is 18.2 Å². The van der Waals surface area contributed by atoms with E-state index < -0.39 is 0 Å². The average Bonchev–Trinajstić information content (AvgIpc) is 2.98. The molecule has 0 radical (unpaired) electrons. The van der Waals surface area contributed by atoms with Crippen LogP contribution in [0.4, 0.5) is 5.69 Å². The smallest absolute Gasteiger partial charge is 0.0343 e. The molecule has 0 aromatic heterocycles. The lowest BCUT2D eigenvalue weighted by Gasteiger charge is -2.12. The summed E-state index contributed by atoms with van der Waals surface area (Å²) in [5.74, 6) is 0. The molecule has 2 N–H and O–H groups in total. The summed E-state index contributed by atoms with van der Waals surface area (Å²) in [4.78, 5) is 0. The Balaban J connectivity index is 1.51. The summed E-state index contributed by atoms with van der Waals surface area (Å²) < 4.78 is 0. The molecule has 1 unspecified atom stereocenters. The zero-order valence-corrected chi connectivity index (χ0v) is 10.5. The molecule has 1 aromatic rings. The first kappa shape index (κ1) is 11.1. The first-order chi connectivity index (χ1) is 8.42. The van der Waals surface area contributed by atoms with E-state index >= 15 is 0 Å². The highest BCUT2D eigenvalue weighted by Crippen LogP contribution is 2.24. The van der Waals surface area contributed by atoms with Crippen molar-refractivity contribution < 1.29 is 0 Å². The molecule has 0 bridgehead atoms. The zero-order valence-electron chi connectivity index (χ0n) is 10.5. The Labute approximate surface area is 104 Å². The Morgan fingerprint density at radius 3 is 3.00 bits per heavy atom. The van der Waals surface area contributed by atoms with Crippen molar-refractivity contribution in [3.05, 3.63) is 29.3 Å². The highest BCUT2D eigenvalue weighted by Gasteiger charge is 2.13. The number of hydrogen-bond acceptors (Lipinski definition) is 2. The molecule has 1 atom stereocenters. The van der Waals surface area contributed by atoms with E-state index in [2.05, 4.69) is 28.8 Å². The Kier molecular flexibility index (Phi) is 3.32. The molecule has 0 spiro atoms.